The second-order valence-corrected chi connectivity index (χ2v) is 7.46. The lowest BCUT2D eigenvalue weighted by Gasteiger charge is -2.27. The number of hydrogen-bond acceptors (Lipinski definition) is 4. The van der Waals surface area contributed by atoms with E-state index >= 15 is 0 Å². The third-order valence-electron chi connectivity index (χ3n) is 5.67. The Hall–Kier alpha value is -2.21. The fourth-order valence-corrected chi connectivity index (χ4v) is 4.00. The minimum Gasteiger partial charge on any atom is -0.481 e. The summed E-state index contributed by atoms with van der Waals surface area (Å²) in [5, 5.41) is 12.1. The minimum absolute atomic E-state index is 0.0181. The van der Waals surface area contributed by atoms with Gasteiger partial charge in [0, 0.05) is 38.2 Å². The van der Waals surface area contributed by atoms with Crippen LogP contribution < -0.4 is 5.32 Å². The van der Waals surface area contributed by atoms with Crippen molar-refractivity contribution in [1.82, 2.24) is 5.32 Å². The zero-order valence-electron chi connectivity index (χ0n) is 15.5. The molecule has 0 saturated carbocycles. The number of aryl methyl sites for hydroxylation is 2. The van der Waals surface area contributed by atoms with Gasteiger partial charge in [0.05, 0.1) is 5.92 Å². The molecule has 1 aromatic rings. The van der Waals surface area contributed by atoms with Crippen molar-refractivity contribution < 1.29 is 24.2 Å². The molecule has 6 nitrogen and oxygen atoms in total. The van der Waals surface area contributed by atoms with Crippen molar-refractivity contribution in [2.45, 2.75) is 44.9 Å². The number of carboxylic acids is 1. The van der Waals surface area contributed by atoms with Gasteiger partial charge in [-0.25, -0.2) is 0 Å². The average molecular weight is 373 g/mol. The van der Waals surface area contributed by atoms with Crippen LogP contribution in [0.2, 0.25) is 0 Å². The molecule has 146 valence electrons. The first-order chi connectivity index (χ1) is 13.0. The van der Waals surface area contributed by atoms with E-state index in [2.05, 4.69) is 5.32 Å². The number of fused-ring (bicyclic) bond motifs is 1. The van der Waals surface area contributed by atoms with Gasteiger partial charge in [-0.3, -0.25) is 14.4 Å². The van der Waals surface area contributed by atoms with Crippen molar-refractivity contribution >= 4 is 17.7 Å². The summed E-state index contributed by atoms with van der Waals surface area (Å²) in [5.74, 6) is -1.80. The molecule has 0 radical (unpaired) electrons. The lowest BCUT2D eigenvalue weighted by molar-refractivity contribution is -0.145. The standard InChI is InChI=1S/C21H27NO5/c23-19(17-5-4-14-2-1-3-16(14)12-17)6-7-20(24)22-13-18(21(25)26)15-8-10-27-11-9-15/h4-5,12,15,18H,1-3,6-11,13H2,(H,22,24)(H,25,26). The van der Waals surface area contributed by atoms with Gasteiger partial charge in [-0.1, -0.05) is 12.1 Å². The molecule has 1 atom stereocenters. The topological polar surface area (TPSA) is 92.7 Å². The Labute approximate surface area is 159 Å². The summed E-state index contributed by atoms with van der Waals surface area (Å²) in [6.45, 7) is 1.24. The quantitative estimate of drug-likeness (QED) is 0.683. The summed E-state index contributed by atoms with van der Waals surface area (Å²) in [4.78, 5) is 36.0. The first-order valence-corrected chi connectivity index (χ1v) is 9.77. The van der Waals surface area contributed by atoms with Gasteiger partial charge in [-0.05, 0) is 55.2 Å². The predicted molar refractivity (Wildman–Crippen MR) is 99.7 cm³/mol. The second kappa shape index (κ2) is 9.13. The number of benzene rings is 1. The number of carbonyl (C=O) groups is 3. The highest BCUT2D eigenvalue weighted by Gasteiger charge is 2.30. The Balaban J connectivity index is 1.45. The molecule has 27 heavy (non-hydrogen) atoms. The normalized spacial score (nSPS) is 17.9. The van der Waals surface area contributed by atoms with Crippen molar-refractivity contribution in [2.75, 3.05) is 19.8 Å². The first-order valence-electron chi connectivity index (χ1n) is 9.77. The SMILES string of the molecule is O=C(CCC(=O)c1ccc2c(c1)CCC2)NCC(C(=O)O)C1CCOCC1. The monoisotopic (exact) mass is 373 g/mol. The maximum absolute atomic E-state index is 12.4. The van der Waals surface area contributed by atoms with Crippen LogP contribution in [0.5, 0.6) is 0 Å². The molecule has 1 unspecified atom stereocenters. The van der Waals surface area contributed by atoms with Crippen molar-refractivity contribution in [1.29, 1.82) is 0 Å². The van der Waals surface area contributed by atoms with E-state index in [1.54, 1.807) is 0 Å². The van der Waals surface area contributed by atoms with E-state index in [9.17, 15) is 19.5 Å². The van der Waals surface area contributed by atoms with Crippen LogP contribution >= 0.6 is 0 Å². The van der Waals surface area contributed by atoms with E-state index in [4.69, 9.17) is 4.74 Å². The Bertz CT molecular complexity index is 709. The molecule has 3 rings (SSSR count). The number of aliphatic carboxylic acids is 1. The molecule has 6 heteroatoms. The van der Waals surface area contributed by atoms with E-state index in [1.165, 1.54) is 11.1 Å². The predicted octanol–water partition coefficient (Wildman–Crippen LogP) is 2.38. The van der Waals surface area contributed by atoms with Gasteiger partial charge in [0.2, 0.25) is 5.91 Å². The van der Waals surface area contributed by atoms with E-state index < -0.39 is 11.9 Å². The molecule has 1 aromatic carbocycles. The van der Waals surface area contributed by atoms with Crippen LogP contribution in [0.3, 0.4) is 0 Å². The molecule has 1 fully saturated rings. The highest BCUT2D eigenvalue weighted by Crippen LogP contribution is 2.24. The fourth-order valence-electron chi connectivity index (χ4n) is 4.00. The van der Waals surface area contributed by atoms with Crippen LogP contribution in [0.25, 0.3) is 0 Å². The second-order valence-electron chi connectivity index (χ2n) is 7.46. The molecule has 0 spiro atoms. The fraction of sp³-hybridized carbons (Fsp3) is 0.571. The van der Waals surface area contributed by atoms with E-state index in [0.717, 1.165) is 19.3 Å². The molecule has 1 aliphatic heterocycles. The molecular weight excluding hydrogens is 346 g/mol. The van der Waals surface area contributed by atoms with Crippen molar-refractivity contribution in [3.05, 3.63) is 34.9 Å². The Kier molecular flexibility index (Phi) is 6.61. The summed E-state index contributed by atoms with van der Waals surface area (Å²) in [5.41, 5.74) is 3.22. The zero-order chi connectivity index (χ0) is 19.2. The Morgan fingerprint density at radius 3 is 2.59 bits per heavy atom. The van der Waals surface area contributed by atoms with Crippen LogP contribution in [0.15, 0.2) is 18.2 Å². The minimum atomic E-state index is -0.892. The molecule has 2 aliphatic rings. The Morgan fingerprint density at radius 2 is 1.85 bits per heavy atom. The molecule has 1 aliphatic carbocycles. The third kappa shape index (κ3) is 5.16. The number of Topliss-reactive ketones (excluding diaryl/α,β-unsaturated/α-hetero) is 1. The molecule has 0 bridgehead atoms. The number of hydrogen-bond donors (Lipinski definition) is 2. The zero-order valence-corrected chi connectivity index (χ0v) is 15.5. The molecular formula is C21H27NO5. The van der Waals surface area contributed by atoms with Crippen LogP contribution in [0.1, 0.15) is 53.6 Å². The van der Waals surface area contributed by atoms with Gasteiger partial charge in [0.1, 0.15) is 0 Å². The van der Waals surface area contributed by atoms with Crippen molar-refractivity contribution in [3.8, 4) is 0 Å². The largest absolute Gasteiger partial charge is 0.481 e. The third-order valence-corrected chi connectivity index (χ3v) is 5.67. The lowest BCUT2D eigenvalue weighted by Crippen LogP contribution is -2.39. The molecule has 1 heterocycles. The Morgan fingerprint density at radius 1 is 1.11 bits per heavy atom. The smallest absolute Gasteiger partial charge is 0.308 e. The highest BCUT2D eigenvalue weighted by atomic mass is 16.5. The van der Waals surface area contributed by atoms with Gasteiger partial charge in [-0.15, -0.1) is 0 Å². The molecule has 2 N–H and O–H groups in total. The first kappa shape index (κ1) is 19.5. The van der Waals surface area contributed by atoms with Gasteiger partial charge in [-0.2, -0.15) is 0 Å². The molecule has 0 aromatic heterocycles. The summed E-state index contributed by atoms with van der Waals surface area (Å²) in [7, 11) is 0. The number of carboxylic acid groups (broad SMARTS) is 1. The highest BCUT2D eigenvalue weighted by molar-refractivity contribution is 5.98. The number of amides is 1. The number of rotatable bonds is 8. The van der Waals surface area contributed by atoms with Crippen LogP contribution in [0, 0.1) is 11.8 Å². The van der Waals surface area contributed by atoms with Crippen molar-refractivity contribution in [2.24, 2.45) is 11.8 Å². The summed E-state index contributed by atoms with van der Waals surface area (Å²) in [6.07, 6.45) is 4.83. The molecule has 1 saturated heterocycles. The van der Waals surface area contributed by atoms with E-state index in [1.807, 2.05) is 18.2 Å². The molecule has 1 amide bonds. The number of ether oxygens (including phenoxy) is 1. The maximum Gasteiger partial charge on any atom is 0.308 e. The maximum atomic E-state index is 12.4. The van der Waals surface area contributed by atoms with E-state index in [-0.39, 0.29) is 37.0 Å². The van der Waals surface area contributed by atoms with Gasteiger partial charge >= 0.3 is 5.97 Å². The van der Waals surface area contributed by atoms with E-state index in [0.29, 0.717) is 31.6 Å². The average Bonchev–Trinajstić information content (AvgIpc) is 3.14. The number of ketones is 1. The van der Waals surface area contributed by atoms with Crippen LogP contribution in [-0.4, -0.2) is 42.5 Å². The summed E-state index contributed by atoms with van der Waals surface area (Å²) >= 11 is 0. The van der Waals surface area contributed by atoms with Gasteiger partial charge in [0.15, 0.2) is 5.78 Å². The summed E-state index contributed by atoms with van der Waals surface area (Å²) in [6, 6.07) is 5.81. The van der Waals surface area contributed by atoms with Crippen molar-refractivity contribution in [3.63, 3.8) is 0 Å². The van der Waals surface area contributed by atoms with Crippen LogP contribution in [-0.2, 0) is 27.2 Å². The van der Waals surface area contributed by atoms with Gasteiger partial charge in [0.25, 0.3) is 0 Å². The summed E-state index contributed by atoms with van der Waals surface area (Å²) < 4.78 is 5.27. The number of nitrogens with one attached hydrogen (secondary N) is 1. The van der Waals surface area contributed by atoms with Gasteiger partial charge < -0.3 is 15.2 Å². The number of carbonyl (C=O) groups excluding carboxylic acids is 2. The van der Waals surface area contributed by atoms with Crippen LogP contribution in [0.4, 0.5) is 0 Å². The lowest BCUT2D eigenvalue weighted by atomic mass is 9.86.